The zero-order valence-electron chi connectivity index (χ0n) is 26.9. The van der Waals surface area contributed by atoms with E-state index in [1.54, 1.807) is 26.8 Å². The molecule has 0 spiro atoms. The Morgan fingerprint density at radius 1 is 0.833 bits per heavy atom. The van der Waals surface area contributed by atoms with E-state index in [0.717, 1.165) is 19.3 Å². The fourth-order valence-corrected chi connectivity index (χ4v) is 5.99. The highest BCUT2D eigenvalue weighted by atomic mass is 16.7. The highest BCUT2D eigenvalue weighted by Crippen LogP contribution is 2.32. The molecule has 1 aliphatic heterocycles. The Morgan fingerprint density at radius 3 is 1.90 bits per heavy atom. The number of hydrogen-bond acceptors (Lipinski definition) is 9. The van der Waals surface area contributed by atoms with E-state index < -0.39 is 73.4 Å². The third-order valence-corrected chi connectivity index (χ3v) is 8.84. The van der Waals surface area contributed by atoms with Gasteiger partial charge in [-0.05, 0) is 62.5 Å². The van der Waals surface area contributed by atoms with Crippen molar-refractivity contribution in [1.29, 1.82) is 0 Å². The van der Waals surface area contributed by atoms with Crippen molar-refractivity contribution < 1.29 is 50.0 Å². The molecule has 0 aromatic carbocycles. The number of aliphatic hydroxyl groups excluding tert-OH is 6. The van der Waals surface area contributed by atoms with Crippen LogP contribution in [0.3, 0.4) is 0 Å². The molecule has 10 nitrogen and oxygen atoms in total. The molecule has 0 radical (unpaired) electrons. The summed E-state index contributed by atoms with van der Waals surface area (Å²) in [4.78, 5) is 11.3. The highest BCUT2D eigenvalue weighted by molar-refractivity contribution is 5.70. The Hall–Kier alpha value is -1.37. The predicted molar refractivity (Wildman–Crippen MR) is 160 cm³/mol. The molecule has 0 aromatic heterocycles. The summed E-state index contributed by atoms with van der Waals surface area (Å²) < 4.78 is 12.0. The van der Waals surface area contributed by atoms with Crippen LogP contribution in [0.1, 0.15) is 81.6 Å². The molecule has 1 rings (SSSR count). The minimum Gasteiger partial charge on any atom is -0.481 e. The van der Waals surface area contributed by atoms with E-state index in [1.165, 1.54) is 6.92 Å². The Kier molecular flexibility index (Phi) is 16.4. The lowest BCUT2D eigenvalue weighted by atomic mass is 9.82. The Bertz CT molecular complexity index is 873. The average molecular weight is 603 g/mol. The normalized spacial score (nSPS) is 30.5. The first-order valence-electron chi connectivity index (χ1n) is 15.4. The number of hydrogen-bond donors (Lipinski definition) is 7. The van der Waals surface area contributed by atoms with Gasteiger partial charge < -0.3 is 45.2 Å². The fourth-order valence-electron chi connectivity index (χ4n) is 5.99. The van der Waals surface area contributed by atoms with E-state index >= 15 is 0 Å². The van der Waals surface area contributed by atoms with Crippen molar-refractivity contribution in [3.8, 4) is 0 Å². The van der Waals surface area contributed by atoms with Crippen LogP contribution in [0, 0.1) is 35.5 Å². The molecule has 1 heterocycles. The van der Waals surface area contributed by atoms with Crippen LogP contribution in [0.25, 0.3) is 0 Å². The fraction of sp³-hybridized carbons (Fsp3) is 0.844. The van der Waals surface area contributed by atoms with Gasteiger partial charge in [0.15, 0.2) is 6.29 Å². The molecule has 0 saturated carbocycles. The molecular formula is C32H58O10. The number of aliphatic hydroxyl groups is 6. The van der Waals surface area contributed by atoms with Crippen LogP contribution in [0.2, 0.25) is 0 Å². The maximum absolute atomic E-state index is 11.3. The van der Waals surface area contributed by atoms with Crippen LogP contribution >= 0.6 is 0 Å². The molecule has 0 aromatic rings. The van der Waals surface area contributed by atoms with Gasteiger partial charge in [-0.1, -0.05) is 60.1 Å². The first kappa shape index (κ1) is 38.7. The smallest absolute Gasteiger partial charge is 0.309 e. The van der Waals surface area contributed by atoms with Gasteiger partial charge in [-0.2, -0.15) is 0 Å². The van der Waals surface area contributed by atoms with E-state index in [9.17, 15) is 40.5 Å². The van der Waals surface area contributed by atoms with Gasteiger partial charge in [0.25, 0.3) is 0 Å². The molecule has 10 heteroatoms. The summed E-state index contributed by atoms with van der Waals surface area (Å²) in [5.74, 6) is -1.82. The first-order valence-corrected chi connectivity index (χ1v) is 15.4. The Balaban J connectivity index is 3.23. The minimum atomic E-state index is -1.55. The number of carboxylic acids is 1. The first-order chi connectivity index (χ1) is 19.5. The molecule has 14 atom stereocenters. The number of carboxylic acid groups (broad SMARTS) is 1. The monoisotopic (exact) mass is 602 g/mol. The number of aliphatic carboxylic acids is 1. The summed E-state index contributed by atoms with van der Waals surface area (Å²) >= 11 is 0. The maximum Gasteiger partial charge on any atom is 0.309 e. The second-order valence-corrected chi connectivity index (χ2v) is 12.9. The second kappa shape index (κ2) is 17.8. The molecule has 0 aliphatic carbocycles. The van der Waals surface area contributed by atoms with Crippen molar-refractivity contribution in [2.45, 2.75) is 131 Å². The minimum absolute atomic E-state index is 0.0140. The summed E-state index contributed by atoms with van der Waals surface area (Å²) in [5.41, 5.74) is 1.12. The van der Waals surface area contributed by atoms with Crippen LogP contribution in [0.4, 0.5) is 0 Å². The van der Waals surface area contributed by atoms with Gasteiger partial charge in [0.2, 0.25) is 0 Å². The van der Waals surface area contributed by atoms with Crippen molar-refractivity contribution in [2.75, 3.05) is 6.61 Å². The molecule has 246 valence electrons. The summed E-state index contributed by atoms with van der Waals surface area (Å²) in [6.07, 6.45) is -2.98. The third kappa shape index (κ3) is 11.0. The van der Waals surface area contributed by atoms with Gasteiger partial charge in [-0.25, -0.2) is 0 Å². The van der Waals surface area contributed by atoms with E-state index in [1.807, 2.05) is 13.0 Å². The molecule has 7 N–H and O–H groups in total. The summed E-state index contributed by atoms with van der Waals surface area (Å²) in [7, 11) is 0. The summed E-state index contributed by atoms with van der Waals surface area (Å²) in [6, 6.07) is 0. The van der Waals surface area contributed by atoms with Gasteiger partial charge in [-0.15, -0.1) is 0 Å². The van der Waals surface area contributed by atoms with Crippen molar-refractivity contribution in [3.63, 3.8) is 0 Å². The topological polar surface area (TPSA) is 177 Å². The largest absolute Gasteiger partial charge is 0.481 e. The molecular weight excluding hydrogens is 544 g/mol. The highest BCUT2D eigenvalue weighted by Gasteiger charge is 2.45. The van der Waals surface area contributed by atoms with Gasteiger partial charge in [0.1, 0.15) is 24.4 Å². The van der Waals surface area contributed by atoms with Crippen LogP contribution in [-0.2, 0) is 14.3 Å². The maximum atomic E-state index is 11.3. The average Bonchev–Trinajstić information content (AvgIpc) is 2.93. The Morgan fingerprint density at radius 2 is 1.38 bits per heavy atom. The van der Waals surface area contributed by atoms with Crippen molar-refractivity contribution in [3.05, 3.63) is 23.3 Å². The zero-order chi connectivity index (χ0) is 32.5. The van der Waals surface area contributed by atoms with E-state index in [0.29, 0.717) is 23.0 Å². The molecule has 1 aliphatic rings. The molecule has 1 fully saturated rings. The van der Waals surface area contributed by atoms with Crippen LogP contribution in [-0.4, -0.2) is 97.3 Å². The lowest BCUT2D eigenvalue weighted by molar-refractivity contribution is -0.317. The van der Waals surface area contributed by atoms with E-state index in [2.05, 4.69) is 27.7 Å². The lowest BCUT2D eigenvalue weighted by Crippen LogP contribution is -2.60. The van der Waals surface area contributed by atoms with Crippen LogP contribution < -0.4 is 0 Å². The van der Waals surface area contributed by atoms with Crippen LogP contribution in [0.5, 0.6) is 0 Å². The van der Waals surface area contributed by atoms with E-state index in [4.69, 9.17) is 9.47 Å². The van der Waals surface area contributed by atoms with Gasteiger partial charge in [0.05, 0.1) is 30.8 Å². The van der Waals surface area contributed by atoms with Gasteiger partial charge in [-0.3, -0.25) is 4.79 Å². The molecule has 1 saturated heterocycles. The zero-order valence-corrected chi connectivity index (χ0v) is 26.9. The third-order valence-electron chi connectivity index (χ3n) is 8.84. The number of ether oxygens (including phenoxy) is 2. The molecule has 0 amide bonds. The SMILES string of the molecule is CC[C@H](C)C[C@@H](C)C[C@@H](C)[C@@H](O[C@@H]1O[C@H](CO)[C@@H](O)[C@H](O)[C@@H]1O)[C@H](C)/C=C(\C)[C@@H](O)[C@H](C)/C=C(\C)[C@@H](O)[C@H](C)C(=O)O. The summed E-state index contributed by atoms with van der Waals surface area (Å²) in [6.45, 7) is 16.7. The lowest BCUT2D eigenvalue weighted by Gasteiger charge is -2.42. The number of carbonyl (C=O) groups is 1. The van der Waals surface area contributed by atoms with Crippen molar-refractivity contribution in [1.82, 2.24) is 0 Å². The standard InChI is InChI=1S/C32H58O10/c1-10-16(2)11-17(3)12-21(7)30(42-32-29(38)28(37)27(36)24(15-33)41-32)22(8)14-19(5)25(34)18(4)13-20(6)26(35)23(9)31(39)40/h13-14,16-18,21-30,32-38H,10-12,15H2,1-9H3,(H,39,40)/b19-14+,20-13+/t16-,17+,18+,21+,22+,23-,24+,25-,26+,27+,28-,29-,30+,32-/m0/s1. The van der Waals surface area contributed by atoms with E-state index in [-0.39, 0.29) is 11.8 Å². The van der Waals surface area contributed by atoms with Gasteiger partial charge in [0, 0.05) is 11.8 Å². The predicted octanol–water partition coefficient (Wildman–Crippen LogP) is 2.88. The molecule has 0 unspecified atom stereocenters. The van der Waals surface area contributed by atoms with Crippen molar-refractivity contribution in [2.24, 2.45) is 35.5 Å². The molecule has 0 bridgehead atoms. The summed E-state index contributed by atoms with van der Waals surface area (Å²) in [5, 5.41) is 71.4. The van der Waals surface area contributed by atoms with Crippen LogP contribution in [0.15, 0.2) is 23.3 Å². The Labute approximate surface area is 252 Å². The molecule has 42 heavy (non-hydrogen) atoms. The second-order valence-electron chi connectivity index (χ2n) is 12.9. The quantitative estimate of drug-likeness (QED) is 0.123. The van der Waals surface area contributed by atoms with Crippen molar-refractivity contribution >= 4 is 5.97 Å². The number of rotatable bonds is 17. The van der Waals surface area contributed by atoms with Gasteiger partial charge >= 0.3 is 5.97 Å².